The van der Waals surface area contributed by atoms with Crippen LogP contribution < -0.4 is 4.74 Å². The van der Waals surface area contributed by atoms with Gasteiger partial charge in [-0.15, -0.1) is 0 Å². The molecule has 1 aromatic rings. The number of nitriles is 2. The lowest BCUT2D eigenvalue weighted by atomic mass is 10.1. The summed E-state index contributed by atoms with van der Waals surface area (Å²) in [7, 11) is 0. The largest absolute Gasteiger partial charge is 0.494 e. The lowest BCUT2D eigenvalue weighted by Crippen LogP contribution is -1.91. The third-order valence-electron chi connectivity index (χ3n) is 1.81. The van der Waals surface area contributed by atoms with Crippen LogP contribution in [0.2, 0.25) is 0 Å². The molecule has 0 bridgehead atoms. The van der Waals surface area contributed by atoms with Gasteiger partial charge in [-0.3, -0.25) is 0 Å². The molecule has 0 unspecified atom stereocenters. The third kappa shape index (κ3) is 2.86. The average molecular weight is 198 g/mol. The monoisotopic (exact) mass is 198 g/mol. The van der Waals surface area contributed by atoms with Crippen LogP contribution in [-0.4, -0.2) is 6.61 Å². The molecule has 0 fully saturated rings. The molecule has 0 aliphatic rings. The molecule has 0 N–H and O–H groups in total. The molecule has 0 radical (unpaired) electrons. The average Bonchev–Trinajstić information content (AvgIpc) is 2.28. The van der Waals surface area contributed by atoms with E-state index in [1.807, 2.05) is 19.1 Å². The Labute approximate surface area is 88.8 Å². The molecule has 74 valence electrons. The molecular formula is C12H10N2O. The van der Waals surface area contributed by atoms with E-state index in [9.17, 15) is 0 Å². The predicted molar refractivity (Wildman–Crippen MR) is 56.8 cm³/mol. The summed E-state index contributed by atoms with van der Waals surface area (Å²) in [6.45, 7) is 2.52. The van der Waals surface area contributed by atoms with Crippen molar-refractivity contribution in [2.24, 2.45) is 0 Å². The van der Waals surface area contributed by atoms with Crippen LogP contribution in [-0.2, 0) is 0 Å². The molecule has 3 nitrogen and oxygen atoms in total. The molecule has 0 saturated carbocycles. The minimum atomic E-state index is 0.362. The Bertz CT molecular complexity index is 432. The zero-order valence-corrected chi connectivity index (χ0v) is 8.40. The number of rotatable bonds is 3. The Morgan fingerprint density at radius 3 is 2.47 bits per heavy atom. The van der Waals surface area contributed by atoms with Gasteiger partial charge >= 0.3 is 0 Å². The van der Waals surface area contributed by atoms with Crippen molar-refractivity contribution in [2.45, 2.75) is 6.92 Å². The number of hydrogen-bond donors (Lipinski definition) is 0. The summed E-state index contributed by atoms with van der Waals surface area (Å²) in [6, 6.07) is 10.9. The van der Waals surface area contributed by atoms with Crippen LogP contribution >= 0.6 is 0 Å². The van der Waals surface area contributed by atoms with Gasteiger partial charge in [-0.1, -0.05) is 0 Å². The number of ether oxygens (including phenoxy) is 1. The van der Waals surface area contributed by atoms with Gasteiger partial charge in [0.2, 0.25) is 0 Å². The second-order valence-corrected chi connectivity index (χ2v) is 2.76. The van der Waals surface area contributed by atoms with Gasteiger partial charge in [0.05, 0.1) is 18.2 Å². The summed E-state index contributed by atoms with van der Waals surface area (Å²) in [5.74, 6) is 0.760. The summed E-state index contributed by atoms with van der Waals surface area (Å²) in [5.41, 5.74) is 1.09. The summed E-state index contributed by atoms with van der Waals surface area (Å²) < 4.78 is 5.27. The van der Waals surface area contributed by atoms with Crippen molar-refractivity contribution >= 4 is 5.57 Å². The van der Waals surface area contributed by atoms with Gasteiger partial charge in [-0.2, -0.15) is 10.5 Å². The molecule has 1 aromatic carbocycles. The van der Waals surface area contributed by atoms with Crippen LogP contribution in [0.5, 0.6) is 5.75 Å². The van der Waals surface area contributed by atoms with Crippen molar-refractivity contribution in [3.63, 3.8) is 0 Å². The molecule has 0 heterocycles. The first kappa shape index (κ1) is 10.8. The molecule has 0 amide bonds. The Balaban J connectivity index is 2.95. The number of hydrogen-bond acceptors (Lipinski definition) is 3. The second kappa shape index (κ2) is 5.47. The van der Waals surface area contributed by atoms with Gasteiger partial charge in [-0.25, -0.2) is 0 Å². The maximum absolute atomic E-state index is 8.78. The lowest BCUT2D eigenvalue weighted by Gasteiger charge is -2.03. The smallest absolute Gasteiger partial charge is 0.119 e. The highest BCUT2D eigenvalue weighted by atomic mass is 16.5. The Hall–Kier alpha value is -2.26. The van der Waals surface area contributed by atoms with E-state index in [0.29, 0.717) is 12.2 Å². The fourth-order valence-corrected chi connectivity index (χ4v) is 1.14. The zero-order chi connectivity index (χ0) is 11.1. The molecule has 0 aromatic heterocycles. The van der Waals surface area contributed by atoms with Gasteiger partial charge < -0.3 is 4.74 Å². The van der Waals surface area contributed by atoms with Gasteiger partial charge in [-0.05, 0) is 36.8 Å². The zero-order valence-electron chi connectivity index (χ0n) is 8.40. The fourth-order valence-electron chi connectivity index (χ4n) is 1.14. The minimum Gasteiger partial charge on any atom is -0.494 e. The second-order valence-electron chi connectivity index (χ2n) is 2.76. The standard InChI is InChI=1S/C12H10N2O/c1-2-15-12-5-3-10(4-6-12)11(9-14)7-8-13/h3-7H,2H2,1H3. The first-order valence-corrected chi connectivity index (χ1v) is 4.55. The van der Waals surface area contributed by atoms with Crippen molar-refractivity contribution in [1.29, 1.82) is 10.5 Å². The van der Waals surface area contributed by atoms with Crippen molar-refractivity contribution in [3.05, 3.63) is 35.9 Å². The van der Waals surface area contributed by atoms with Crippen LogP contribution in [0, 0.1) is 22.7 Å². The molecule has 0 saturated heterocycles. The van der Waals surface area contributed by atoms with Crippen LogP contribution in [0.3, 0.4) is 0 Å². The number of benzene rings is 1. The molecule has 0 spiro atoms. The maximum Gasteiger partial charge on any atom is 0.119 e. The van der Waals surface area contributed by atoms with E-state index >= 15 is 0 Å². The van der Waals surface area contributed by atoms with Gasteiger partial charge in [0.25, 0.3) is 0 Å². The Kier molecular flexibility index (Phi) is 3.94. The number of allylic oxidation sites excluding steroid dienone is 2. The quantitative estimate of drug-likeness (QED) is 0.701. The van der Waals surface area contributed by atoms with E-state index in [1.165, 1.54) is 6.08 Å². The van der Waals surface area contributed by atoms with Crippen LogP contribution in [0.15, 0.2) is 30.3 Å². The Morgan fingerprint density at radius 1 is 1.33 bits per heavy atom. The summed E-state index contributed by atoms with van der Waals surface area (Å²) in [4.78, 5) is 0. The van der Waals surface area contributed by atoms with Crippen LogP contribution in [0.25, 0.3) is 5.57 Å². The van der Waals surface area contributed by atoms with E-state index in [2.05, 4.69) is 0 Å². The van der Waals surface area contributed by atoms with Gasteiger partial charge in [0.1, 0.15) is 11.8 Å². The lowest BCUT2D eigenvalue weighted by molar-refractivity contribution is 0.340. The number of nitrogens with zero attached hydrogens (tertiary/aromatic N) is 2. The van der Waals surface area contributed by atoms with Crippen molar-refractivity contribution in [1.82, 2.24) is 0 Å². The highest BCUT2D eigenvalue weighted by Gasteiger charge is 2.00. The summed E-state index contributed by atoms with van der Waals surface area (Å²) in [6.07, 6.45) is 1.23. The highest BCUT2D eigenvalue weighted by Crippen LogP contribution is 2.17. The van der Waals surface area contributed by atoms with Crippen LogP contribution in [0.1, 0.15) is 12.5 Å². The van der Waals surface area contributed by atoms with E-state index in [0.717, 1.165) is 11.3 Å². The van der Waals surface area contributed by atoms with Crippen molar-refractivity contribution in [2.75, 3.05) is 6.61 Å². The van der Waals surface area contributed by atoms with Gasteiger partial charge in [0.15, 0.2) is 0 Å². The molecular weight excluding hydrogens is 188 g/mol. The maximum atomic E-state index is 8.78. The summed E-state index contributed by atoms with van der Waals surface area (Å²) in [5, 5.41) is 17.2. The molecule has 0 aliphatic heterocycles. The van der Waals surface area contributed by atoms with E-state index < -0.39 is 0 Å². The summed E-state index contributed by atoms with van der Waals surface area (Å²) >= 11 is 0. The minimum absolute atomic E-state index is 0.362. The van der Waals surface area contributed by atoms with Crippen molar-refractivity contribution in [3.8, 4) is 17.9 Å². The van der Waals surface area contributed by atoms with E-state index in [4.69, 9.17) is 15.3 Å². The molecule has 0 aliphatic carbocycles. The normalized spacial score (nSPS) is 10.2. The molecule has 3 heteroatoms. The van der Waals surface area contributed by atoms with E-state index in [1.54, 1.807) is 24.3 Å². The van der Waals surface area contributed by atoms with Crippen molar-refractivity contribution < 1.29 is 4.74 Å². The molecule has 15 heavy (non-hydrogen) atoms. The van der Waals surface area contributed by atoms with Gasteiger partial charge in [0, 0.05) is 6.08 Å². The molecule has 1 rings (SSSR count). The Morgan fingerprint density at radius 2 is 2.00 bits per heavy atom. The molecule has 0 atom stereocenters. The SMILES string of the molecule is CCOc1ccc(C(C#N)=CC#N)cc1. The van der Waals surface area contributed by atoms with Crippen LogP contribution in [0.4, 0.5) is 0 Å². The van der Waals surface area contributed by atoms with E-state index in [-0.39, 0.29) is 0 Å². The first-order chi connectivity index (χ1) is 7.31. The highest BCUT2D eigenvalue weighted by molar-refractivity contribution is 5.78. The predicted octanol–water partition coefficient (Wildman–Crippen LogP) is 2.52. The third-order valence-corrected chi connectivity index (χ3v) is 1.81. The first-order valence-electron chi connectivity index (χ1n) is 4.55. The fraction of sp³-hybridized carbons (Fsp3) is 0.167. The topological polar surface area (TPSA) is 56.8 Å².